The molecule has 13 heteroatoms. The molecule has 3 aromatic heterocycles. The molecule has 0 amide bonds. The molecule has 0 saturated heterocycles. The van der Waals surface area contributed by atoms with Gasteiger partial charge < -0.3 is 4.74 Å². The molecule has 0 fully saturated rings. The van der Waals surface area contributed by atoms with Crippen LogP contribution in [0.2, 0.25) is 0 Å². The van der Waals surface area contributed by atoms with Crippen LogP contribution in [0.3, 0.4) is 0 Å². The summed E-state index contributed by atoms with van der Waals surface area (Å²) in [5, 5.41) is 12.3. The van der Waals surface area contributed by atoms with Gasteiger partial charge >= 0.3 is 33.0 Å². The van der Waals surface area contributed by atoms with Crippen LogP contribution in [0.5, 0.6) is 11.5 Å². The third-order valence-electron chi connectivity index (χ3n) is 10.4. The van der Waals surface area contributed by atoms with Gasteiger partial charge in [0.1, 0.15) is 17.3 Å². The van der Waals surface area contributed by atoms with Gasteiger partial charge in [-0.05, 0) is 102 Å². The minimum absolute atomic E-state index is 0.0126. The van der Waals surface area contributed by atoms with E-state index in [1.807, 2.05) is 18.3 Å². The van der Waals surface area contributed by atoms with E-state index in [-0.39, 0.29) is 5.41 Å². The third-order valence-corrected chi connectivity index (χ3v) is 10.4. The number of fused-ring (bicyclic) bond motifs is 4. The number of ether oxygens (including phenoxy) is 1. The summed E-state index contributed by atoms with van der Waals surface area (Å²) in [4.78, 5) is 4.87. The summed E-state index contributed by atoms with van der Waals surface area (Å²) < 4.78 is 72.9. The average Bonchev–Trinajstić information content (AvgIpc) is 3.72. The van der Waals surface area contributed by atoms with Gasteiger partial charge in [-0.1, -0.05) is 90.9 Å². The maximum absolute atomic E-state index is 10.7. The van der Waals surface area contributed by atoms with Crippen molar-refractivity contribution >= 4 is 40.6 Å². The first kappa shape index (κ1) is 43.9. The topological polar surface area (TPSA) is 59.6 Å². The van der Waals surface area contributed by atoms with E-state index >= 15 is 0 Å². The summed E-state index contributed by atoms with van der Waals surface area (Å²) >= 11 is 0. The normalized spacial score (nSPS) is 13.3. The average molecular weight is 868 g/mol. The predicted octanol–water partition coefficient (Wildman–Crippen LogP) is 15.1. The molecular weight excluding hydrogens is 820 g/mol. The molecule has 8 rings (SSSR count). The monoisotopic (exact) mass is 867 g/mol. The predicted molar refractivity (Wildman–Crippen MR) is 238 cm³/mol. The van der Waals surface area contributed by atoms with Gasteiger partial charge in [0.05, 0.1) is 22.7 Å². The Morgan fingerprint density at radius 2 is 1.29 bits per heavy atom. The first-order valence-corrected chi connectivity index (χ1v) is 22.4. The molecule has 0 unspecified atom stereocenters. The fourth-order valence-electron chi connectivity index (χ4n) is 7.94. The summed E-state index contributed by atoms with van der Waals surface area (Å²) in [5.74, 6) is 3.23. The number of rotatable bonds is 9. The van der Waals surface area contributed by atoms with Crippen LogP contribution >= 0.6 is 7.81 Å². The van der Waals surface area contributed by atoms with E-state index in [0.29, 0.717) is 17.4 Å². The number of nitrogens with zero attached hydrogens (tertiary/aromatic N) is 5. The molecule has 8 aromatic rings. The van der Waals surface area contributed by atoms with E-state index in [2.05, 4.69) is 178 Å². The molecule has 0 spiro atoms. The first-order valence-electron chi connectivity index (χ1n) is 20.4. The van der Waals surface area contributed by atoms with E-state index < -0.39 is 7.81 Å². The van der Waals surface area contributed by atoms with Gasteiger partial charge in [-0.2, -0.15) is 14.4 Å². The standard InChI is InChI=1S/C49H48N5O.F6P/c1-32(2)24-35-26-34(30-50)27-36(25-33(3)4)48(35)53-31-52(42-16-10-11-17-43(42)53)44-18-12-13-19-46(44)55-38-20-21-40-39-14-8-9-15-41(39)54(45(40)29-38)47-28-37(22-23-51-47)49(5,6)7;1-7(2,3,4,5)6/h8-23,26-29,31-33H,24-25H2,1-7H3;/q+1;-1. The first-order chi connectivity index (χ1) is 28.9. The van der Waals surface area contributed by atoms with Crippen molar-refractivity contribution in [2.24, 2.45) is 11.8 Å². The Morgan fingerprint density at radius 3 is 1.92 bits per heavy atom. The van der Waals surface area contributed by atoms with E-state index in [4.69, 9.17) is 9.72 Å². The van der Waals surface area contributed by atoms with Crippen molar-refractivity contribution in [3.05, 3.63) is 150 Å². The second-order valence-electron chi connectivity index (χ2n) is 17.5. The quantitative estimate of drug-likeness (QED) is 0.0825. The Hall–Kier alpha value is -6.18. The van der Waals surface area contributed by atoms with Gasteiger partial charge in [0.2, 0.25) is 0 Å². The molecule has 0 bridgehead atoms. The van der Waals surface area contributed by atoms with Crippen molar-refractivity contribution in [1.29, 1.82) is 5.26 Å². The molecule has 6 nitrogen and oxygen atoms in total. The molecule has 0 N–H and O–H groups in total. The Morgan fingerprint density at radius 1 is 0.710 bits per heavy atom. The van der Waals surface area contributed by atoms with Crippen molar-refractivity contribution in [2.75, 3.05) is 0 Å². The van der Waals surface area contributed by atoms with Crippen LogP contribution in [0.25, 0.3) is 50.0 Å². The number of halogens is 6. The molecule has 0 atom stereocenters. The van der Waals surface area contributed by atoms with E-state index in [9.17, 15) is 30.4 Å². The Kier molecular flexibility index (Phi) is 11.1. The molecule has 0 aliphatic rings. The number of hydrogen-bond donors (Lipinski definition) is 0. The number of hydrogen-bond acceptors (Lipinski definition) is 3. The van der Waals surface area contributed by atoms with Crippen molar-refractivity contribution in [2.45, 2.75) is 66.7 Å². The summed E-state index contributed by atoms with van der Waals surface area (Å²) in [6.07, 6.45) is 5.85. The van der Waals surface area contributed by atoms with Crippen molar-refractivity contribution in [3.8, 4) is 34.8 Å². The number of benzene rings is 5. The van der Waals surface area contributed by atoms with Crippen molar-refractivity contribution in [3.63, 3.8) is 0 Å². The minimum atomic E-state index is -10.7. The second kappa shape index (κ2) is 15.6. The Balaban J connectivity index is 0.000000762. The Bertz CT molecular complexity index is 2970. The number of aromatic nitrogens is 4. The van der Waals surface area contributed by atoms with Crippen LogP contribution in [0, 0.1) is 23.2 Å². The SMILES string of the molecule is CC(C)Cc1cc(C#N)cc(CC(C)C)c1-[n+]1cn(-c2ccccc2Oc2ccc3c4ccccc4n(-c4cc(C(C)(C)C)ccn4)c3c2)c2ccccc21.F[P-](F)(F)(F)(F)F. The maximum atomic E-state index is 10.0. The van der Waals surface area contributed by atoms with E-state index in [1.54, 1.807) is 0 Å². The van der Waals surface area contributed by atoms with Crippen LogP contribution in [0.15, 0.2) is 128 Å². The fraction of sp³-hybridized carbons (Fsp3) is 0.245. The van der Waals surface area contributed by atoms with Gasteiger partial charge in [0, 0.05) is 34.2 Å². The second-order valence-corrected chi connectivity index (χ2v) is 19.4. The van der Waals surface area contributed by atoms with Gasteiger partial charge in [-0.25, -0.2) is 4.98 Å². The van der Waals surface area contributed by atoms with Crippen LogP contribution in [-0.4, -0.2) is 14.1 Å². The third kappa shape index (κ3) is 10.1. The van der Waals surface area contributed by atoms with Crippen molar-refractivity contribution < 1.29 is 34.5 Å². The molecule has 3 heterocycles. The zero-order valence-electron chi connectivity index (χ0n) is 35.6. The molecule has 5 aromatic carbocycles. The molecule has 0 saturated carbocycles. The van der Waals surface area contributed by atoms with Crippen LogP contribution < -0.4 is 9.30 Å². The summed E-state index contributed by atoms with van der Waals surface area (Å²) in [6, 6.07) is 42.6. The zero-order valence-corrected chi connectivity index (χ0v) is 36.4. The number of pyridine rings is 1. The van der Waals surface area contributed by atoms with E-state index in [1.165, 1.54) is 22.1 Å². The Labute approximate surface area is 356 Å². The number of para-hydroxylation sites is 5. The van der Waals surface area contributed by atoms with Crippen LogP contribution in [0.1, 0.15) is 70.7 Å². The molecule has 322 valence electrons. The van der Waals surface area contributed by atoms with Crippen LogP contribution in [0.4, 0.5) is 25.2 Å². The number of imidazole rings is 1. The zero-order chi connectivity index (χ0) is 44.8. The summed E-state index contributed by atoms with van der Waals surface area (Å²) in [6.45, 7) is 15.7. The fourth-order valence-corrected chi connectivity index (χ4v) is 7.94. The van der Waals surface area contributed by atoms with Gasteiger partial charge in [-0.3, -0.25) is 4.57 Å². The molecule has 0 aliphatic carbocycles. The molecule has 0 aliphatic heterocycles. The molecule has 0 radical (unpaired) electrons. The van der Waals surface area contributed by atoms with Gasteiger partial charge in [0.25, 0.3) is 6.33 Å². The van der Waals surface area contributed by atoms with Gasteiger partial charge in [0.15, 0.2) is 22.5 Å². The summed E-state index contributed by atoms with van der Waals surface area (Å²) in [5.41, 5.74) is 10.7. The summed E-state index contributed by atoms with van der Waals surface area (Å²) in [7, 11) is -10.7. The van der Waals surface area contributed by atoms with E-state index in [0.717, 1.165) is 69.0 Å². The molecule has 62 heavy (non-hydrogen) atoms. The van der Waals surface area contributed by atoms with Crippen LogP contribution in [-0.2, 0) is 18.3 Å². The van der Waals surface area contributed by atoms with Gasteiger partial charge in [-0.15, -0.1) is 0 Å². The van der Waals surface area contributed by atoms with Crippen molar-refractivity contribution in [1.82, 2.24) is 14.1 Å². The molecular formula is C49H48F6N5OP. The number of nitriles is 1.